The van der Waals surface area contributed by atoms with Gasteiger partial charge in [-0.15, -0.1) is 0 Å². The molecule has 222 valence electrons. The van der Waals surface area contributed by atoms with Crippen LogP contribution in [0.15, 0.2) is 120 Å². The molecule has 0 saturated heterocycles. The minimum atomic E-state index is -1.37. The zero-order chi connectivity index (χ0) is 31.2. The second-order valence-electron chi connectivity index (χ2n) is 11.8. The van der Waals surface area contributed by atoms with E-state index in [4.69, 9.17) is 19.0 Å². The van der Waals surface area contributed by atoms with Crippen LogP contribution in [0.25, 0.3) is 0 Å². The van der Waals surface area contributed by atoms with Crippen LogP contribution in [0.4, 0.5) is 0 Å². The van der Waals surface area contributed by atoms with Crippen LogP contribution in [0, 0.1) is 18.7 Å². The Hall–Kier alpha value is -2.99. The van der Waals surface area contributed by atoms with Crippen molar-refractivity contribution >= 4 is 43.0 Å². The van der Waals surface area contributed by atoms with Gasteiger partial charge >= 0.3 is 22.6 Å². The van der Waals surface area contributed by atoms with E-state index in [0.29, 0.717) is 6.61 Å². The summed E-state index contributed by atoms with van der Waals surface area (Å²) in [5, 5.41) is 5.63. The third-order valence-electron chi connectivity index (χ3n) is 6.66. The maximum Gasteiger partial charge on any atom is 0 e. The standard InChI is InChI=1S/C18H15P.C16H25NOSi.2CO.Cr/c1-4-10-16(11-5-1)19(17-12-6-2-7-13-17)18-14-8-3-9-15-18;1-16(2,3)14-11-18-15(17-14)12-9-7-8-10-13(12)19(4,5)6;2*1-2;/h1-15H;7-10,14H,11H2,1-6H3;;;/t;14-;;;/m.1.../s1. The van der Waals surface area contributed by atoms with E-state index < -0.39 is 16.0 Å². The molecule has 0 spiro atoms. The minimum Gasteiger partial charge on any atom is -0.0622 e. The topological polar surface area (TPSA) is 61.4 Å². The summed E-state index contributed by atoms with van der Waals surface area (Å²) in [4.78, 5) is 4.82. The summed E-state index contributed by atoms with van der Waals surface area (Å²) in [6, 6.07) is 41.2. The molecule has 43 heavy (non-hydrogen) atoms. The zero-order valence-electron chi connectivity index (χ0n) is 25.8. The third kappa shape index (κ3) is 11.2. The summed E-state index contributed by atoms with van der Waals surface area (Å²) in [5.74, 6) is 0.845. The molecule has 0 aromatic heterocycles. The van der Waals surface area contributed by atoms with E-state index in [1.165, 1.54) is 26.7 Å². The number of ether oxygens (including phenoxy) is 1. The van der Waals surface area contributed by atoms with Crippen molar-refractivity contribution in [3.63, 3.8) is 0 Å². The number of rotatable bonds is 5. The van der Waals surface area contributed by atoms with Crippen LogP contribution in [-0.4, -0.2) is 26.6 Å². The summed E-state index contributed by atoms with van der Waals surface area (Å²) in [6.45, 7) is 23.5. The Bertz CT molecular complexity index is 1330. The van der Waals surface area contributed by atoms with Crippen molar-refractivity contribution < 1.29 is 31.4 Å². The van der Waals surface area contributed by atoms with Gasteiger partial charge in [0, 0.05) is 22.9 Å². The quantitative estimate of drug-likeness (QED) is 0.102. The first-order valence-electron chi connectivity index (χ1n) is 13.8. The predicted octanol–water partition coefficient (Wildman–Crippen LogP) is 6.79. The van der Waals surface area contributed by atoms with Gasteiger partial charge in [0.15, 0.2) is 0 Å². The Balaban J connectivity index is 0.000000378. The molecule has 0 aliphatic carbocycles. The molecule has 4 nitrogen and oxygen atoms in total. The Morgan fingerprint density at radius 1 is 0.674 bits per heavy atom. The van der Waals surface area contributed by atoms with E-state index in [2.05, 4.69) is 169 Å². The SMILES string of the molecule is CC(C)(C)[C@H]1COC(c2ccccc2[Si](C)(C)C)=N1.[C-]#[O+].[C-]#[O+].[Cr].c1ccc(P(c2ccccc2)c2ccccc2)cc1. The first kappa shape index (κ1) is 38.0. The van der Waals surface area contributed by atoms with Crippen LogP contribution in [0.5, 0.6) is 0 Å². The first-order chi connectivity index (χ1) is 20.1. The molecule has 0 amide bonds. The number of benzene rings is 4. The normalized spacial score (nSPS) is 13.7. The number of nitrogens with zero attached hydrogens (tertiary/aromatic N) is 1. The van der Waals surface area contributed by atoms with Crippen molar-refractivity contribution in [2.24, 2.45) is 10.4 Å². The van der Waals surface area contributed by atoms with Gasteiger partial charge in [0.25, 0.3) is 0 Å². The van der Waals surface area contributed by atoms with Gasteiger partial charge in [-0.1, -0.05) is 150 Å². The van der Waals surface area contributed by atoms with Crippen LogP contribution < -0.4 is 21.1 Å². The Morgan fingerprint density at radius 3 is 1.40 bits per heavy atom. The fraction of sp³-hybridized carbons (Fsp3) is 0.250. The van der Waals surface area contributed by atoms with Crippen molar-refractivity contribution in [3.05, 3.63) is 134 Å². The van der Waals surface area contributed by atoms with Crippen molar-refractivity contribution in [3.8, 4) is 0 Å². The molecule has 5 rings (SSSR count). The maximum atomic E-state index is 7.50. The molecule has 0 saturated carbocycles. The summed E-state index contributed by atoms with van der Waals surface area (Å²) in [7, 11) is -1.82. The Morgan fingerprint density at radius 2 is 1.05 bits per heavy atom. The van der Waals surface area contributed by atoms with E-state index in [-0.39, 0.29) is 28.8 Å². The average Bonchev–Trinajstić information content (AvgIpc) is 3.53. The summed E-state index contributed by atoms with van der Waals surface area (Å²) in [5.41, 5.74) is 1.36. The summed E-state index contributed by atoms with van der Waals surface area (Å²) >= 11 is 0. The van der Waals surface area contributed by atoms with Crippen molar-refractivity contribution in [1.29, 1.82) is 0 Å². The van der Waals surface area contributed by atoms with Crippen LogP contribution >= 0.6 is 7.92 Å². The fourth-order valence-electron chi connectivity index (χ4n) is 4.47. The zero-order valence-corrected chi connectivity index (χ0v) is 29.0. The van der Waals surface area contributed by atoms with Crippen LogP contribution in [0.2, 0.25) is 19.6 Å². The molecule has 0 radical (unpaired) electrons. The molecule has 1 heterocycles. The van der Waals surface area contributed by atoms with Gasteiger partial charge in [-0.2, -0.15) is 0 Å². The second kappa shape index (κ2) is 18.6. The van der Waals surface area contributed by atoms with E-state index in [1.807, 2.05) is 0 Å². The molecule has 1 atom stereocenters. The van der Waals surface area contributed by atoms with Gasteiger partial charge in [0.1, 0.15) is 6.61 Å². The molecule has 1 aliphatic heterocycles. The maximum absolute atomic E-state index is 7.50. The molecule has 0 fully saturated rings. The Kier molecular flexibility index (Phi) is 16.5. The second-order valence-corrected chi connectivity index (χ2v) is 19.0. The van der Waals surface area contributed by atoms with Gasteiger partial charge in [0.2, 0.25) is 5.90 Å². The molecule has 4 aromatic rings. The van der Waals surface area contributed by atoms with E-state index in [0.717, 1.165) is 5.90 Å². The molecule has 0 unspecified atom stereocenters. The minimum absolute atomic E-state index is 0. The van der Waals surface area contributed by atoms with Crippen molar-refractivity contribution in [2.75, 3.05) is 6.61 Å². The molecular formula is C36H40CrNO3PSi. The Labute approximate surface area is 271 Å². The molecule has 1 aliphatic rings. The monoisotopic (exact) mass is 645 g/mol. The molecule has 0 bridgehead atoms. The molecule has 0 N–H and O–H groups in total. The van der Waals surface area contributed by atoms with E-state index in [1.54, 1.807) is 0 Å². The fourth-order valence-corrected chi connectivity index (χ4v) is 8.37. The van der Waals surface area contributed by atoms with E-state index in [9.17, 15) is 0 Å². The molecule has 4 aromatic carbocycles. The van der Waals surface area contributed by atoms with Crippen LogP contribution in [0.1, 0.15) is 26.3 Å². The number of aliphatic imine (C=N–C) groups is 1. The summed E-state index contributed by atoms with van der Waals surface area (Å²) in [6.07, 6.45) is 0. The van der Waals surface area contributed by atoms with Crippen LogP contribution in [0.3, 0.4) is 0 Å². The third-order valence-corrected chi connectivity index (χ3v) is 11.2. The number of hydrogen-bond acceptors (Lipinski definition) is 2. The number of hydrogen-bond donors (Lipinski definition) is 0. The van der Waals surface area contributed by atoms with Gasteiger partial charge in [-0.3, -0.25) is 0 Å². The van der Waals surface area contributed by atoms with Gasteiger partial charge in [0.05, 0.1) is 14.1 Å². The van der Waals surface area contributed by atoms with Crippen molar-refractivity contribution in [1.82, 2.24) is 0 Å². The van der Waals surface area contributed by atoms with Gasteiger partial charge < -0.3 is 4.74 Å². The predicted molar refractivity (Wildman–Crippen MR) is 178 cm³/mol. The summed E-state index contributed by atoms with van der Waals surface area (Å²) < 4.78 is 20.9. The smallest absolute Gasteiger partial charge is 0 e. The van der Waals surface area contributed by atoms with Crippen LogP contribution in [-0.2, 0) is 31.4 Å². The largest absolute Gasteiger partial charge is 0.0622 e. The molecular weight excluding hydrogens is 605 g/mol. The average molecular weight is 646 g/mol. The van der Waals surface area contributed by atoms with Crippen molar-refractivity contribution in [2.45, 2.75) is 46.5 Å². The van der Waals surface area contributed by atoms with Gasteiger partial charge in [-0.05, 0) is 40.5 Å². The first-order valence-corrected chi connectivity index (χ1v) is 18.7. The van der Waals surface area contributed by atoms with Gasteiger partial charge in [-0.25, -0.2) is 4.99 Å². The molecule has 7 heteroatoms. The van der Waals surface area contributed by atoms with E-state index >= 15 is 0 Å².